The van der Waals surface area contributed by atoms with Crippen molar-refractivity contribution in [1.82, 2.24) is 9.97 Å². The lowest BCUT2D eigenvalue weighted by Gasteiger charge is -2.11. The van der Waals surface area contributed by atoms with E-state index in [4.69, 9.17) is 9.47 Å². The highest BCUT2D eigenvalue weighted by Crippen LogP contribution is 2.15. The minimum Gasteiger partial charge on any atom is -0.497 e. The molecule has 0 saturated heterocycles. The zero-order chi connectivity index (χ0) is 15.2. The Bertz CT molecular complexity index is 583. The highest BCUT2D eigenvalue weighted by atomic mass is 16.5. The predicted octanol–water partition coefficient (Wildman–Crippen LogP) is 3.19. The molecule has 21 heavy (non-hydrogen) atoms. The van der Waals surface area contributed by atoms with E-state index in [0.717, 1.165) is 17.0 Å². The number of benzene rings is 1. The van der Waals surface area contributed by atoms with E-state index < -0.39 is 0 Å². The molecule has 0 aliphatic heterocycles. The Balaban J connectivity index is 2.03. The van der Waals surface area contributed by atoms with Crippen LogP contribution < -0.4 is 14.8 Å². The van der Waals surface area contributed by atoms with Crippen LogP contribution in [0.3, 0.4) is 0 Å². The van der Waals surface area contributed by atoms with Crippen LogP contribution in [0.25, 0.3) is 0 Å². The summed E-state index contributed by atoms with van der Waals surface area (Å²) in [6.07, 6.45) is 0.0914. The van der Waals surface area contributed by atoms with Gasteiger partial charge in [0.05, 0.1) is 13.2 Å². The van der Waals surface area contributed by atoms with Crippen molar-refractivity contribution in [3.63, 3.8) is 0 Å². The van der Waals surface area contributed by atoms with Gasteiger partial charge in [-0.05, 0) is 38.5 Å². The third-order valence-electron chi connectivity index (χ3n) is 2.80. The quantitative estimate of drug-likeness (QED) is 0.884. The highest BCUT2D eigenvalue weighted by molar-refractivity contribution is 5.34. The molecule has 5 nitrogen and oxygen atoms in total. The van der Waals surface area contributed by atoms with Crippen LogP contribution in [0, 0.1) is 6.92 Å². The Morgan fingerprint density at radius 2 is 1.86 bits per heavy atom. The summed E-state index contributed by atoms with van der Waals surface area (Å²) in [6.45, 7) is 6.52. The topological polar surface area (TPSA) is 56.3 Å². The van der Waals surface area contributed by atoms with Crippen molar-refractivity contribution >= 4 is 5.95 Å². The second-order valence-corrected chi connectivity index (χ2v) is 5.04. The number of aryl methyl sites for hydroxylation is 1. The second kappa shape index (κ2) is 6.92. The van der Waals surface area contributed by atoms with E-state index >= 15 is 0 Å². The molecule has 5 heteroatoms. The molecular formula is C16H21N3O2. The Hall–Kier alpha value is -2.30. The maximum atomic E-state index is 5.61. The molecule has 0 aliphatic rings. The van der Waals surface area contributed by atoms with Gasteiger partial charge in [-0.1, -0.05) is 12.1 Å². The van der Waals surface area contributed by atoms with E-state index in [1.54, 1.807) is 7.11 Å². The molecule has 0 saturated carbocycles. The summed E-state index contributed by atoms with van der Waals surface area (Å²) in [5.74, 6) is 2.01. The number of hydrogen-bond acceptors (Lipinski definition) is 5. The van der Waals surface area contributed by atoms with Gasteiger partial charge in [0.2, 0.25) is 11.8 Å². The minimum atomic E-state index is 0.0914. The van der Waals surface area contributed by atoms with Gasteiger partial charge >= 0.3 is 0 Å². The van der Waals surface area contributed by atoms with Crippen molar-refractivity contribution in [3.8, 4) is 11.6 Å². The Labute approximate surface area is 125 Å². The number of aromatic nitrogens is 2. The first kappa shape index (κ1) is 15.1. The van der Waals surface area contributed by atoms with Crippen LogP contribution in [-0.4, -0.2) is 23.2 Å². The summed E-state index contributed by atoms with van der Waals surface area (Å²) in [4.78, 5) is 8.72. The molecule has 0 amide bonds. The summed E-state index contributed by atoms with van der Waals surface area (Å²) >= 11 is 0. The van der Waals surface area contributed by atoms with Gasteiger partial charge in [-0.2, -0.15) is 4.98 Å². The molecule has 2 aromatic rings. The average Bonchev–Trinajstić information content (AvgIpc) is 2.44. The fourth-order valence-corrected chi connectivity index (χ4v) is 1.85. The van der Waals surface area contributed by atoms with Crippen molar-refractivity contribution in [2.45, 2.75) is 33.4 Å². The van der Waals surface area contributed by atoms with E-state index in [1.165, 1.54) is 0 Å². The maximum Gasteiger partial charge on any atom is 0.226 e. The molecular weight excluding hydrogens is 266 g/mol. The standard InChI is InChI=1S/C16H21N3O2/c1-11(2)21-15-9-12(3)18-16(19-15)17-10-13-5-7-14(20-4)8-6-13/h5-9,11H,10H2,1-4H3,(H,17,18,19). The number of rotatable bonds is 6. The van der Waals surface area contributed by atoms with Crippen molar-refractivity contribution in [3.05, 3.63) is 41.6 Å². The van der Waals surface area contributed by atoms with Crippen LogP contribution in [0.5, 0.6) is 11.6 Å². The molecule has 1 heterocycles. The second-order valence-electron chi connectivity index (χ2n) is 5.04. The Morgan fingerprint density at radius 3 is 2.48 bits per heavy atom. The van der Waals surface area contributed by atoms with Gasteiger partial charge in [-0.25, -0.2) is 4.98 Å². The molecule has 0 fully saturated rings. The number of ether oxygens (including phenoxy) is 2. The minimum absolute atomic E-state index is 0.0914. The van der Waals surface area contributed by atoms with Crippen LogP contribution in [0.4, 0.5) is 5.95 Å². The molecule has 1 aromatic carbocycles. The molecule has 2 rings (SSSR count). The Kier molecular flexibility index (Phi) is 4.98. The number of nitrogens with zero attached hydrogens (tertiary/aromatic N) is 2. The van der Waals surface area contributed by atoms with Gasteiger partial charge in [0.1, 0.15) is 5.75 Å². The number of methoxy groups -OCH3 is 1. The van der Waals surface area contributed by atoms with E-state index in [9.17, 15) is 0 Å². The van der Waals surface area contributed by atoms with Crippen LogP contribution in [0.1, 0.15) is 25.1 Å². The molecule has 0 spiro atoms. The van der Waals surface area contributed by atoms with Gasteiger partial charge in [-0.15, -0.1) is 0 Å². The number of nitrogens with one attached hydrogen (secondary N) is 1. The molecule has 1 aromatic heterocycles. The van der Waals surface area contributed by atoms with Gasteiger partial charge in [0.25, 0.3) is 0 Å². The lowest BCUT2D eigenvalue weighted by atomic mass is 10.2. The third kappa shape index (κ3) is 4.63. The molecule has 0 unspecified atom stereocenters. The van der Waals surface area contributed by atoms with Crippen molar-refractivity contribution in [2.75, 3.05) is 12.4 Å². The zero-order valence-electron chi connectivity index (χ0n) is 12.9. The van der Waals surface area contributed by atoms with Crippen LogP contribution >= 0.6 is 0 Å². The first-order valence-corrected chi connectivity index (χ1v) is 6.96. The van der Waals surface area contributed by atoms with Crippen molar-refractivity contribution in [2.24, 2.45) is 0 Å². The van der Waals surface area contributed by atoms with Gasteiger partial charge in [-0.3, -0.25) is 0 Å². The SMILES string of the molecule is COc1ccc(CNc2nc(C)cc(OC(C)C)n2)cc1. The van der Waals surface area contributed by atoms with Crippen molar-refractivity contribution < 1.29 is 9.47 Å². The third-order valence-corrected chi connectivity index (χ3v) is 2.80. The van der Waals surface area contributed by atoms with Crippen LogP contribution in [0.2, 0.25) is 0 Å². The zero-order valence-corrected chi connectivity index (χ0v) is 12.9. The first-order valence-electron chi connectivity index (χ1n) is 6.96. The van der Waals surface area contributed by atoms with Crippen molar-refractivity contribution in [1.29, 1.82) is 0 Å². The van der Waals surface area contributed by atoms with E-state index in [-0.39, 0.29) is 6.10 Å². The summed E-state index contributed by atoms with van der Waals surface area (Å²) in [5.41, 5.74) is 2.00. The largest absolute Gasteiger partial charge is 0.497 e. The average molecular weight is 287 g/mol. The number of anilines is 1. The molecule has 0 atom stereocenters. The normalized spacial score (nSPS) is 10.5. The lowest BCUT2D eigenvalue weighted by molar-refractivity contribution is 0.232. The first-order chi connectivity index (χ1) is 10.1. The van der Waals surface area contributed by atoms with E-state index in [0.29, 0.717) is 18.4 Å². The molecule has 112 valence electrons. The Morgan fingerprint density at radius 1 is 1.14 bits per heavy atom. The number of hydrogen-bond donors (Lipinski definition) is 1. The smallest absolute Gasteiger partial charge is 0.226 e. The molecule has 1 N–H and O–H groups in total. The van der Waals surface area contributed by atoms with Crippen LogP contribution in [0.15, 0.2) is 30.3 Å². The van der Waals surface area contributed by atoms with Crippen LogP contribution in [-0.2, 0) is 6.54 Å². The van der Waals surface area contributed by atoms with Gasteiger partial charge in [0.15, 0.2) is 0 Å². The summed E-state index contributed by atoms with van der Waals surface area (Å²) in [6, 6.07) is 9.71. The predicted molar refractivity (Wildman–Crippen MR) is 82.9 cm³/mol. The lowest BCUT2D eigenvalue weighted by Crippen LogP contribution is -2.10. The van der Waals surface area contributed by atoms with E-state index in [2.05, 4.69) is 15.3 Å². The fraction of sp³-hybridized carbons (Fsp3) is 0.375. The monoisotopic (exact) mass is 287 g/mol. The van der Waals surface area contributed by atoms with Gasteiger partial charge < -0.3 is 14.8 Å². The molecule has 0 aliphatic carbocycles. The summed E-state index contributed by atoms with van der Waals surface area (Å²) in [5, 5.41) is 3.21. The summed E-state index contributed by atoms with van der Waals surface area (Å²) < 4.78 is 10.7. The molecule has 0 bridgehead atoms. The fourth-order valence-electron chi connectivity index (χ4n) is 1.85. The van der Waals surface area contributed by atoms with E-state index in [1.807, 2.05) is 51.1 Å². The maximum absolute atomic E-state index is 5.61. The van der Waals surface area contributed by atoms with Gasteiger partial charge in [0, 0.05) is 18.3 Å². The summed E-state index contributed by atoms with van der Waals surface area (Å²) in [7, 11) is 1.66. The molecule has 0 radical (unpaired) electrons. The highest BCUT2D eigenvalue weighted by Gasteiger charge is 2.05.